The van der Waals surface area contributed by atoms with E-state index in [4.69, 9.17) is 0 Å². The fourth-order valence-corrected chi connectivity index (χ4v) is 3.35. The molecule has 23 heavy (non-hydrogen) atoms. The fourth-order valence-electron chi connectivity index (χ4n) is 2.40. The fraction of sp³-hybridized carbons (Fsp3) is 0.500. The summed E-state index contributed by atoms with van der Waals surface area (Å²) in [7, 11) is 0. The minimum atomic E-state index is -0.176. The summed E-state index contributed by atoms with van der Waals surface area (Å²) in [4.78, 5) is 23.7. The second-order valence-corrected chi connectivity index (χ2v) is 7.08. The molecule has 1 aliphatic heterocycles. The molecule has 7 heteroatoms. The zero-order valence-electron chi connectivity index (χ0n) is 12.9. The van der Waals surface area contributed by atoms with Gasteiger partial charge in [0.15, 0.2) is 0 Å². The molecule has 1 heterocycles. The van der Waals surface area contributed by atoms with Crippen molar-refractivity contribution >= 4 is 35.1 Å². The highest BCUT2D eigenvalue weighted by Crippen LogP contribution is 2.19. The number of nitrogens with one attached hydrogen (secondary N) is 4. The van der Waals surface area contributed by atoms with Crippen LogP contribution in [0.4, 0.5) is 16.2 Å². The van der Waals surface area contributed by atoms with Crippen LogP contribution in [-0.2, 0) is 4.79 Å². The molecule has 4 N–H and O–H groups in total. The first kappa shape index (κ1) is 16.1. The number of carbonyl (C=O) groups is 2. The van der Waals surface area contributed by atoms with Gasteiger partial charge in [-0.15, -0.1) is 0 Å². The van der Waals surface area contributed by atoms with Crippen LogP contribution in [-0.4, -0.2) is 42.1 Å². The van der Waals surface area contributed by atoms with Crippen LogP contribution in [0.2, 0.25) is 0 Å². The molecule has 1 unspecified atom stereocenters. The summed E-state index contributed by atoms with van der Waals surface area (Å²) >= 11 is 1.88. The lowest BCUT2D eigenvalue weighted by Crippen LogP contribution is -2.39. The van der Waals surface area contributed by atoms with Crippen LogP contribution in [0.5, 0.6) is 0 Å². The van der Waals surface area contributed by atoms with E-state index < -0.39 is 0 Å². The van der Waals surface area contributed by atoms with E-state index >= 15 is 0 Å². The van der Waals surface area contributed by atoms with Gasteiger partial charge < -0.3 is 21.3 Å². The van der Waals surface area contributed by atoms with Crippen molar-refractivity contribution in [2.75, 3.05) is 28.7 Å². The van der Waals surface area contributed by atoms with E-state index in [0.717, 1.165) is 36.6 Å². The van der Waals surface area contributed by atoms with Gasteiger partial charge >= 0.3 is 6.03 Å². The summed E-state index contributed by atoms with van der Waals surface area (Å²) in [6.07, 6.45) is 2.61. The molecule has 2 aliphatic rings. The maximum atomic E-state index is 12.0. The van der Waals surface area contributed by atoms with Crippen molar-refractivity contribution in [3.05, 3.63) is 24.3 Å². The Kier molecular flexibility index (Phi) is 5.40. The minimum absolute atomic E-state index is 0.0113. The van der Waals surface area contributed by atoms with Crippen LogP contribution in [0.3, 0.4) is 0 Å². The average Bonchev–Trinajstić information content (AvgIpc) is 3.34. The van der Waals surface area contributed by atoms with Crippen LogP contribution in [0.15, 0.2) is 24.3 Å². The van der Waals surface area contributed by atoms with E-state index in [1.54, 1.807) is 24.3 Å². The topological polar surface area (TPSA) is 82.3 Å². The molecule has 1 aliphatic carbocycles. The highest BCUT2D eigenvalue weighted by atomic mass is 32.2. The Morgan fingerprint density at radius 1 is 1.13 bits per heavy atom. The van der Waals surface area contributed by atoms with Crippen molar-refractivity contribution in [3.8, 4) is 0 Å². The number of thioether (sulfide) groups is 1. The molecule has 0 spiro atoms. The van der Waals surface area contributed by atoms with E-state index in [9.17, 15) is 9.59 Å². The zero-order valence-corrected chi connectivity index (χ0v) is 13.7. The van der Waals surface area contributed by atoms with E-state index in [0.29, 0.717) is 18.2 Å². The lowest BCUT2D eigenvalue weighted by molar-refractivity contribution is -0.116. The molecule has 1 aromatic rings. The number of amides is 3. The van der Waals surface area contributed by atoms with Gasteiger partial charge in [-0.05, 0) is 37.1 Å². The Morgan fingerprint density at radius 2 is 1.83 bits per heavy atom. The molecule has 0 aromatic heterocycles. The van der Waals surface area contributed by atoms with Gasteiger partial charge in [-0.3, -0.25) is 4.79 Å². The number of rotatable bonds is 5. The van der Waals surface area contributed by atoms with E-state index in [1.807, 2.05) is 11.8 Å². The molecular weight excluding hydrogens is 312 g/mol. The first-order valence-corrected chi connectivity index (χ1v) is 9.13. The largest absolute Gasteiger partial charge is 0.335 e. The predicted octanol–water partition coefficient (Wildman–Crippen LogP) is 2.00. The van der Waals surface area contributed by atoms with Crippen molar-refractivity contribution in [2.45, 2.75) is 31.3 Å². The third-order valence-corrected chi connectivity index (χ3v) is 4.90. The lowest BCUT2D eigenvalue weighted by atomic mass is 10.2. The molecule has 0 radical (unpaired) electrons. The van der Waals surface area contributed by atoms with Crippen LogP contribution in [0.25, 0.3) is 0 Å². The molecule has 3 amide bonds. The van der Waals surface area contributed by atoms with E-state index in [1.165, 1.54) is 0 Å². The summed E-state index contributed by atoms with van der Waals surface area (Å²) in [5.41, 5.74) is 1.46. The van der Waals surface area contributed by atoms with E-state index in [2.05, 4.69) is 21.3 Å². The van der Waals surface area contributed by atoms with Gasteiger partial charge in [0.05, 0.1) is 0 Å². The number of benzene rings is 1. The number of urea groups is 1. The molecule has 0 bridgehead atoms. The Morgan fingerprint density at radius 3 is 2.43 bits per heavy atom. The quantitative estimate of drug-likeness (QED) is 0.664. The molecule has 1 saturated heterocycles. The SMILES string of the molecule is O=C(CC1CSCCN1)Nc1ccc(NC(=O)NC2CC2)cc1. The van der Waals surface area contributed by atoms with Gasteiger partial charge in [-0.1, -0.05) is 0 Å². The molecule has 1 aromatic carbocycles. The number of anilines is 2. The highest BCUT2D eigenvalue weighted by molar-refractivity contribution is 7.99. The second-order valence-electron chi connectivity index (χ2n) is 5.93. The molecule has 124 valence electrons. The van der Waals surface area contributed by atoms with Crippen molar-refractivity contribution in [3.63, 3.8) is 0 Å². The monoisotopic (exact) mass is 334 g/mol. The van der Waals surface area contributed by atoms with Crippen LogP contribution in [0.1, 0.15) is 19.3 Å². The standard InChI is InChI=1S/C16H22N4O2S/c21-15(9-14-10-23-8-7-17-14)18-11-1-3-12(4-2-11)19-16(22)20-13-5-6-13/h1-4,13-14,17H,5-10H2,(H,18,21)(H2,19,20,22). The second kappa shape index (κ2) is 7.70. The summed E-state index contributed by atoms with van der Waals surface area (Å²) in [6.45, 7) is 0.964. The highest BCUT2D eigenvalue weighted by Gasteiger charge is 2.23. The average molecular weight is 334 g/mol. The molecule has 1 saturated carbocycles. The Bertz CT molecular complexity index is 554. The molecule has 3 rings (SSSR count). The van der Waals surface area contributed by atoms with Gasteiger partial charge in [-0.25, -0.2) is 4.79 Å². The smallest absolute Gasteiger partial charge is 0.319 e. The predicted molar refractivity (Wildman–Crippen MR) is 94.0 cm³/mol. The van der Waals surface area contributed by atoms with Gasteiger partial charge in [-0.2, -0.15) is 11.8 Å². The molecule has 1 atom stereocenters. The van der Waals surface area contributed by atoms with Gasteiger partial charge in [0.2, 0.25) is 5.91 Å². The minimum Gasteiger partial charge on any atom is -0.335 e. The van der Waals surface area contributed by atoms with Crippen molar-refractivity contribution in [2.24, 2.45) is 0 Å². The first-order chi connectivity index (χ1) is 11.2. The molecular formula is C16H22N4O2S. The Labute approximate surface area is 140 Å². The normalized spacial score (nSPS) is 20.6. The van der Waals surface area contributed by atoms with Crippen LogP contribution < -0.4 is 21.3 Å². The zero-order chi connectivity index (χ0) is 16.1. The summed E-state index contributed by atoms with van der Waals surface area (Å²) < 4.78 is 0. The van der Waals surface area contributed by atoms with Crippen molar-refractivity contribution < 1.29 is 9.59 Å². The van der Waals surface area contributed by atoms with Crippen LogP contribution in [0, 0.1) is 0 Å². The third kappa shape index (κ3) is 5.44. The maximum absolute atomic E-state index is 12.0. The van der Waals surface area contributed by atoms with E-state index in [-0.39, 0.29) is 18.0 Å². The Balaban J connectivity index is 1.44. The van der Waals surface area contributed by atoms with Crippen molar-refractivity contribution in [1.82, 2.24) is 10.6 Å². The summed E-state index contributed by atoms with van der Waals surface area (Å²) in [5.74, 6) is 2.10. The number of hydrogen-bond donors (Lipinski definition) is 4. The molecule has 2 fully saturated rings. The van der Waals surface area contributed by atoms with Crippen LogP contribution >= 0.6 is 11.8 Å². The van der Waals surface area contributed by atoms with Crippen molar-refractivity contribution in [1.29, 1.82) is 0 Å². The number of carbonyl (C=O) groups excluding carboxylic acids is 2. The lowest BCUT2D eigenvalue weighted by Gasteiger charge is -2.22. The summed E-state index contributed by atoms with van der Waals surface area (Å²) in [5, 5.41) is 11.9. The number of hydrogen-bond acceptors (Lipinski definition) is 4. The van der Waals surface area contributed by atoms with Gasteiger partial charge in [0, 0.05) is 47.9 Å². The maximum Gasteiger partial charge on any atom is 0.319 e. The van der Waals surface area contributed by atoms with Gasteiger partial charge in [0.25, 0.3) is 0 Å². The summed E-state index contributed by atoms with van der Waals surface area (Å²) in [6, 6.07) is 7.58. The van der Waals surface area contributed by atoms with Gasteiger partial charge in [0.1, 0.15) is 0 Å². The Hall–Kier alpha value is -1.73. The first-order valence-electron chi connectivity index (χ1n) is 7.97. The third-order valence-electron chi connectivity index (χ3n) is 3.77. The molecule has 6 nitrogen and oxygen atoms in total.